The van der Waals surface area contributed by atoms with Gasteiger partial charge in [-0.05, 0) is 28.6 Å². The van der Waals surface area contributed by atoms with Gasteiger partial charge in [0, 0.05) is 0 Å². The molecule has 0 aliphatic rings. The van der Waals surface area contributed by atoms with Crippen molar-refractivity contribution in [2.45, 2.75) is 25.9 Å². The number of aliphatic hydroxyl groups is 1. The van der Waals surface area contributed by atoms with E-state index in [0.29, 0.717) is 5.92 Å². The Morgan fingerprint density at radius 2 is 1.75 bits per heavy atom. The molecule has 16 heavy (non-hydrogen) atoms. The number of hydrogen-bond acceptors (Lipinski definition) is 4. The van der Waals surface area contributed by atoms with E-state index >= 15 is 0 Å². The van der Waals surface area contributed by atoms with Crippen molar-refractivity contribution in [1.29, 1.82) is 0 Å². The van der Waals surface area contributed by atoms with Gasteiger partial charge in [0.25, 0.3) is 0 Å². The fourth-order valence-electron chi connectivity index (χ4n) is 1.52. The van der Waals surface area contributed by atoms with Crippen molar-refractivity contribution < 1.29 is 5.11 Å². The maximum absolute atomic E-state index is 10.0. The van der Waals surface area contributed by atoms with Crippen molar-refractivity contribution in [3.05, 3.63) is 46.5 Å². The Morgan fingerprint density at radius 1 is 1.12 bits per heavy atom. The summed E-state index contributed by atoms with van der Waals surface area (Å²) < 4.78 is 3.75. The number of hydrogen-bond donors (Lipinski definition) is 1. The molecule has 1 aromatic carbocycles. The molecule has 1 unspecified atom stereocenters. The van der Waals surface area contributed by atoms with Crippen molar-refractivity contribution in [3.63, 3.8) is 0 Å². The summed E-state index contributed by atoms with van der Waals surface area (Å²) in [5.74, 6) is 0.510. The molecule has 1 aromatic heterocycles. The van der Waals surface area contributed by atoms with Gasteiger partial charge in [-0.1, -0.05) is 42.6 Å². The van der Waals surface area contributed by atoms with Gasteiger partial charge in [-0.2, -0.15) is 0 Å². The Labute approximate surface area is 98.9 Å². The number of benzene rings is 1. The third-order valence-electron chi connectivity index (χ3n) is 2.57. The van der Waals surface area contributed by atoms with Crippen LogP contribution in [0.4, 0.5) is 0 Å². The molecule has 0 radical (unpaired) electrons. The summed E-state index contributed by atoms with van der Waals surface area (Å²) in [5.41, 5.74) is 2.16. The number of aliphatic hydroxyl groups excluding tert-OH is 1. The van der Waals surface area contributed by atoms with Crippen molar-refractivity contribution in [2.75, 3.05) is 0 Å². The lowest BCUT2D eigenvalue weighted by Crippen LogP contribution is -1.97. The van der Waals surface area contributed by atoms with Crippen LogP contribution in [0.15, 0.2) is 30.5 Å². The molecule has 0 spiro atoms. The van der Waals surface area contributed by atoms with Gasteiger partial charge in [0.2, 0.25) is 0 Å². The molecular weight excluding hydrogens is 220 g/mol. The summed E-state index contributed by atoms with van der Waals surface area (Å²) in [5, 5.41) is 13.8. The van der Waals surface area contributed by atoms with Crippen LogP contribution < -0.4 is 0 Å². The molecule has 84 valence electrons. The molecule has 0 fully saturated rings. The van der Waals surface area contributed by atoms with E-state index in [4.69, 9.17) is 0 Å². The number of nitrogens with zero attached hydrogens (tertiary/aromatic N) is 2. The molecule has 0 bridgehead atoms. The van der Waals surface area contributed by atoms with Crippen LogP contribution >= 0.6 is 11.5 Å². The minimum absolute atomic E-state index is 0.510. The van der Waals surface area contributed by atoms with E-state index < -0.39 is 6.10 Å². The van der Waals surface area contributed by atoms with Crippen LogP contribution in [0.2, 0.25) is 0 Å². The molecule has 3 nitrogen and oxygen atoms in total. The summed E-state index contributed by atoms with van der Waals surface area (Å²) in [6, 6.07) is 8.02. The monoisotopic (exact) mass is 234 g/mol. The highest BCUT2D eigenvalue weighted by Crippen LogP contribution is 2.25. The van der Waals surface area contributed by atoms with Crippen molar-refractivity contribution in [2.24, 2.45) is 0 Å². The van der Waals surface area contributed by atoms with Gasteiger partial charge >= 0.3 is 0 Å². The predicted octanol–water partition coefficient (Wildman–Crippen LogP) is 2.74. The predicted molar refractivity (Wildman–Crippen MR) is 64.5 cm³/mol. The molecule has 2 aromatic rings. The molecule has 0 saturated heterocycles. The smallest absolute Gasteiger partial charge is 0.116 e. The van der Waals surface area contributed by atoms with Crippen molar-refractivity contribution in [3.8, 4) is 0 Å². The normalized spacial score (nSPS) is 13.0. The Balaban J connectivity index is 2.22. The van der Waals surface area contributed by atoms with Crippen LogP contribution in [0.25, 0.3) is 0 Å². The minimum Gasteiger partial charge on any atom is -0.383 e. The summed E-state index contributed by atoms with van der Waals surface area (Å²) in [6.07, 6.45) is 0.993. The van der Waals surface area contributed by atoms with Crippen LogP contribution in [0.3, 0.4) is 0 Å². The van der Waals surface area contributed by atoms with Gasteiger partial charge in [0.05, 0.1) is 11.1 Å². The van der Waals surface area contributed by atoms with Crippen LogP contribution in [-0.2, 0) is 0 Å². The Bertz CT molecular complexity index is 437. The lowest BCUT2D eigenvalue weighted by Gasteiger charge is -2.10. The SMILES string of the molecule is CC(C)c1ccc(C(O)c2cnns2)cc1. The Morgan fingerprint density at radius 3 is 2.25 bits per heavy atom. The van der Waals surface area contributed by atoms with E-state index in [1.54, 1.807) is 6.20 Å². The average molecular weight is 234 g/mol. The minimum atomic E-state index is -0.610. The first-order valence-corrected chi connectivity index (χ1v) is 6.01. The Hall–Kier alpha value is -1.26. The zero-order valence-corrected chi connectivity index (χ0v) is 10.1. The molecule has 1 atom stereocenters. The lowest BCUT2D eigenvalue weighted by atomic mass is 10.00. The summed E-state index contributed by atoms with van der Waals surface area (Å²) >= 11 is 1.23. The zero-order chi connectivity index (χ0) is 11.5. The maximum atomic E-state index is 10.0. The first-order valence-electron chi connectivity index (χ1n) is 5.23. The van der Waals surface area contributed by atoms with E-state index in [1.165, 1.54) is 17.1 Å². The maximum Gasteiger partial charge on any atom is 0.116 e. The van der Waals surface area contributed by atoms with E-state index in [9.17, 15) is 5.11 Å². The molecular formula is C12H14N2OS. The third-order valence-corrected chi connectivity index (χ3v) is 3.28. The van der Waals surface area contributed by atoms with Gasteiger partial charge in [-0.3, -0.25) is 0 Å². The molecule has 2 rings (SSSR count). The molecule has 4 heteroatoms. The van der Waals surface area contributed by atoms with Gasteiger partial charge in [0.15, 0.2) is 0 Å². The first kappa shape index (κ1) is 11.2. The second kappa shape index (κ2) is 4.72. The third kappa shape index (κ3) is 2.28. The molecule has 1 N–H and O–H groups in total. The highest BCUT2D eigenvalue weighted by atomic mass is 32.1. The zero-order valence-electron chi connectivity index (χ0n) is 9.29. The molecule has 0 amide bonds. The topological polar surface area (TPSA) is 46.0 Å². The van der Waals surface area contributed by atoms with Gasteiger partial charge in [0.1, 0.15) is 6.10 Å². The van der Waals surface area contributed by atoms with Gasteiger partial charge < -0.3 is 5.11 Å². The standard InChI is InChI=1S/C12H14N2OS/c1-8(2)9-3-5-10(6-4-9)12(15)11-7-13-14-16-11/h3-8,12,15H,1-2H3. The molecule has 0 aliphatic heterocycles. The van der Waals surface area contributed by atoms with Crippen LogP contribution in [-0.4, -0.2) is 14.7 Å². The lowest BCUT2D eigenvalue weighted by molar-refractivity contribution is 0.224. The van der Waals surface area contributed by atoms with Crippen molar-refractivity contribution >= 4 is 11.5 Å². The first-order chi connectivity index (χ1) is 7.68. The quantitative estimate of drug-likeness (QED) is 0.888. The highest BCUT2D eigenvalue weighted by Gasteiger charge is 2.12. The van der Waals surface area contributed by atoms with Gasteiger partial charge in [-0.25, -0.2) is 0 Å². The van der Waals surface area contributed by atoms with E-state index in [0.717, 1.165) is 10.4 Å². The molecule has 0 aliphatic carbocycles. The number of rotatable bonds is 3. The van der Waals surface area contributed by atoms with E-state index in [1.807, 2.05) is 12.1 Å². The largest absolute Gasteiger partial charge is 0.383 e. The fraction of sp³-hybridized carbons (Fsp3) is 0.333. The average Bonchev–Trinajstić information content (AvgIpc) is 2.81. The van der Waals surface area contributed by atoms with Crippen LogP contribution in [0, 0.1) is 0 Å². The second-order valence-electron chi connectivity index (χ2n) is 4.04. The summed E-state index contributed by atoms with van der Waals surface area (Å²) in [6.45, 7) is 4.30. The van der Waals surface area contributed by atoms with Crippen LogP contribution in [0.5, 0.6) is 0 Å². The van der Waals surface area contributed by atoms with Crippen LogP contribution in [0.1, 0.15) is 41.9 Å². The summed E-state index contributed by atoms with van der Waals surface area (Å²) in [7, 11) is 0. The molecule has 1 heterocycles. The second-order valence-corrected chi connectivity index (χ2v) is 4.86. The van der Waals surface area contributed by atoms with Crippen molar-refractivity contribution in [1.82, 2.24) is 9.59 Å². The summed E-state index contributed by atoms with van der Waals surface area (Å²) in [4.78, 5) is 0.775. The Kier molecular flexibility index (Phi) is 3.31. The molecule has 0 saturated carbocycles. The van der Waals surface area contributed by atoms with Gasteiger partial charge in [-0.15, -0.1) is 5.10 Å². The number of aromatic nitrogens is 2. The van der Waals surface area contributed by atoms with E-state index in [2.05, 4.69) is 35.6 Å². The highest BCUT2D eigenvalue weighted by molar-refractivity contribution is 7.05. The van der Waals surface area contributed by atoms with E-state index in [-0.39, 0.29) is 0 Å². The fourth-order valence-corrected chi connectivity index (χ4v) is 2.04.